The van der Waals surface area contributed by atoms with E-state index in [0.29, 0.717) is 32.5 Å². The van der Waals surface area contributed by atoms with Crippen LogP contribution in [-0.4, -0.2) is 30.0 Å². The second-order valence-corrected chi connectivity index (χ2v) is 7.72. The summed E-state index contributed by atoms with van der Waals surface area (Å²) in [6.45, 7) is 8.61. The lowest BCUT2D eigenvalue weighted by molar-refractivity contribution is -0.148. The molecule has 0 aliphatic carbocycles. The quantitative estimate of drug-likeness (QED) is 0.133. The number of unbranched alkanes of at least 4 members (excludes halogenated alkanes) is 4. The number of carbonyl (C=O) groups is 2. The number of halogens is 1. The van der Waals surface area contributed by atoms with Crippen LogP contribution >= 0.6 is 11.6 Å². The third kappa shape index (κ3) is 11.4. The minimum atomic E-state index is -1.01. The predicted octanol–water partition coefficient (Wildman–Crippen LogP) is 6.20. The smallest absolute Gasteiger partial charge is 0.327 e. The molecule has 0 fully saturated rings. The van der Waals surface area contributed by atoms with Gasteiger partial charge >= 0.3 is 11.9 Å². The number of carbonyl (C=O) groups excluding carboxylic acids is 2. The third-order valence-electron chi connectivity index (χ3n) is 4.62. The van der Waals surface area contributed by atoms with Crippen molar-refractivity contribution < 1.29 is 19.1 Å². The van der Waals surface area contributed by atoms with E-state index in [1.807, 2.05) is 19.1 Å². The molecule has 2 unspecified atom stereocenters. The zero-order valence-corrected chi connectivity index (χ0v) is 18.5. The average Bonchev–Trinajstić information content (AvgIpc) is 2.64. The maximum absolute atomic E-state index is 12.3. The Labute approximate surface area is 171 Å². The second-order valence-electron chi connectivity index (χ2n) is 7.00. The summed E-state index contributed by atoms with van der Waals surface area (Å²) < 4.78 is 10.4. The van der Waals surface area contributed by atoms with E-state index in [2.05, 4.69) is 13.8 Å². The van der Waals surface area contributed by atoms with Gasteiger partial charge in [0, 0.05) is 0 Å². The van der Waals surface area contributed by atoms with Gasteiger partial charge in [0.05, 0.1) is 19.1 Å². The summed E-state index contributed by atoms with van der Waals surface area (Å²) in [6.07, 6.45) is 12.6. The summed E-state index contributed by atoms with van der Waals surface area (Å²) in [5.41, 5.74) is 0. The van der Waals surface area contributed by atoms with E-state index in [0.717, 1.165) is 44.9 Å². The molecule has 0 spiro atoms. The number of hydrogen-bond donors (Lipinski definition) is 0. The van der Waals surface area contributed by atoms with Gasteiger partial charge in [0.1, 0.15) is 4.87 Å². The Hall–Kier alpha value is -1.03. The molecular weight excluding hydrogens is 364 g/mol. The van der Waals surface area contributed by atoms with Crippen LogP contribution in [0.25, 0.3) is 0 Å². The fourth-order valence-electron chi connectivity index (χ4n) is 2.97. The SMILES string of the molecule is CCCCCC(CC=CCC(Cl)(CCCCC)C(=O)OCC)C(=O)OCC. The van der Waals surface area contributed by atoms with Crippen LogP contribution in [-0.2, 0) is 19.1 Å². The van der Waals surface area contributed by atoms with Crippen molar-refractivity contribution >= 4 is 23.5 Å². The van der Waals surface area contributed by atoms with Gasteiger partial charge in [0.2, 0.25) is 0 Å². The molecule has 4 nitrogen and oxygen atoms in total. The van der Waals surface area contributed by atoms with Crippen LogP contribution in [0.1, 0.15) is 91.9 Å². The zero-order chi connectivity index (χ0) is 20.5. The molecule has 0 aliphatic heterocycles. The molecule has 0 aliphatic rings. The van der Waals surface area contributed by atoms with Crippen molar-refractivity contribution in [1.82, 2.24) is 0 Å². The molecule has 0 N–H and O–H groups in total. The molecule has 0 aromatic rings. The minimum Gasteiger partial charge on any atom is -0.466 e. The summed E-state index contributed by atoms with van der Waals surface area (Å²) in [6, 6.07) is 0. The van der Waals surface area contributed by atoms with Gasteiger partial charge in [-0.25, -0.2) is 0 Å². The first kappa shape index (κ1) is 26.0. The Morgan fingerprint density at radius 2 is 1.56 bits per heavy atom. The Bertz CT molecular complexity index is 436. The van der Waals surface area contributed by atoms with Gasteiger partial charge in [-0.2, -0.15) is 0 Å². The highest BCUT2D eigenvalue weighted by molar-refractivity contribution is 6.34. The maximum atomic E-state index is 12.3. The molecule has 0 saturated heterocycles. The Morgan fingerprint density at radius 3 is 2.15 bits per heavy atom. The molecule has 2 atom stereocenters. The van der Waals surface area contributed by atoms with Crippen molar-refractivity contribution in [2.24, 2.45) is 5.92 Å². The summed E-state index contributed by atoms with van der Waals surface area (Å²) in [5.74, 6) is -0.610. The van der Waals surface area contributed by atoms with Crippen molar-refractivity contribution in [3.8, 4) is 0 Å². The molecule has 158 valence electrons. The first-order chi connectivity index (χ1) is 12.9. The van der Waals surface area contributed by atoms with E-state index < -0.39 is 4.87 Å². The lowest BCUT2D eigenvalue weighted by atomic mass is 9.94. The van der Waals surface area contributed by atoms with E-state index >= 15 is 0 Å². The van der Waals surface area contributed by atoms with Crippen molar-refractivity contribution in [2.75, 3.05) is 13.2 Å². The number of allylic oxidation sites excluding steroid dienone is 2. The molecule has 0 rings (SSSR count). The van der Waals surface area contributed by atoms with E-state index in [9.17, 15) is 9.59 Å². The fourth-order valence-corrected chi connectivity index (χ4v) is 3.24. The van der Waals surface area contributed by atoms with Gasteiger partial charge in [0.25, 0.3) is 0 Å². The molecular formula is C22H39ClO4. The zero-order valence-electron chi connectivity index (χ0n) is 17.7. The van der Waals surface area contributed by atoms with Gasteiger partial charge in [0.15, 0.2) is 0 Å². The number of ether oxygens (including phenoxy) is 2. The third-order valence-corrected chi connectivity index (χ3v) is 5.12. The van der Waals surface area contributed by atoms with Crippen LogP contribution in [0.15, 0.2) is 12.2 Å². The highest BCUT2D eigenvalue weighted by atomic mass is 35.5. The van der Waals surface area contributed by atoms with Crippen molar-refractivity contribution in [3.05, 3.63) is 12.2 Å². The molecule has 0 radical (unpaired) electrons. The molecule has 0 aromatic carbocycles. The van der Waals surface area contributed by atoms with Crippen LogP contribution in [0.3, 0.4) is 0 Å². The summed E-state index contributed by atoms with van der Waals surface area (Å²) in [4.78, 5) is 23.4. The predicted molar refractivity (Wildman–Crippen MR) is 112 cm³/mol. The van der Waals surface area contributed by atoms with Crippen molar-refractivity contribution in [3.63, 3.8) is 0 Å². The van der Waals surface area contributed by atoms with Crippen LogP contribution in [0.5, 0.6) is 0 Å². The van der Waals surface area contributed by atoms with Gasteiger partial charge in [-0.3, -0.25) is 9.59 Å². The largest absolute Gasteiger partial charge is 0.466 e. The van der Waals surface area contributed by atoms with Gasteiger partial charge in [-0.15, -0.1) is 11.6 Å². The Kier molecular flexibility index (Phi) is 15.4. The number of hydrogen-bond acceptors (Lipinski definition) is 4. The average molecular weight is 403 g/mol. The van der Waals surface area contributed by atoms with E-state index in [1.54, 1.807) is 6.92 Å². The number of rotatable bonds is 16. The Balaban J connectivity index is 4.80. The summed E-state index contributed by atoms with van der Waals surface area (Å²) in [7, 11) is 0. The lowest BCUT2D eigenvalue weighted by Gasteiger charge is -2.23. The molecule has 0 amide bonds. The molecule has 0 aromatic heterocycles. The second kappa shape index (κ2) is 16.0. The van der Waals surface area contributed by atoms with Crippen molar-refractivity contribution in [1.29, 1.82) is 0 Å². The monoisotopic (exact) mass is 402 g/mol. The van der Waals surface area contributed by atoms with E-state index in [4.69, 9.17) is 21.1 Å². The molecule has 27 heavy (non-hydrogen) atoms. The molecule has 5 heteroatoms. The van der Waals surface area contributed by atoms with Crippen LogP contribution < -0.4 is 0 Å². The first-order valence-corrected chi connectivity index (χ1v) is 11.0. The number of alkyl halides is 1. The molecule has 0 saturated carbocycles. The highest BCUT2D eigenvalue weighted by Crippen LogP contribution is 2.30. The van der Waals surface area contributed by atoms with Gasteiger partial charge < -0.3 is 9.47 Å². The van der Waals surface area contributed by atoms with Gasteiger partial charge in [-0.1, -0.05) is 64.5 Å². The highest BCUT2D eigenvalue weighted by Gasteiger charge is 2.36. The van der Waals surface area contributed by atoms with Crippen LogP contribution in [0.4, 0.5) is 0 Å². The minimum absolute atomic E-state index is 0.125. The van der Waals surface area contributed by atoms with Crippen LogP contribution in [0, 0.1) is 5.92 Å². The van der Waals surface area contributed by atoms with Crippen molar-refractivity contribution in [2.45, 2.75) is 96.8 Å². The summed E-state index contributed by atoms with van der Waals surface area (Å²) >= 11 is 6.62. The van der Waals surface area contributed by atoms with E-state index in [-0.39, 0.29) is 17.9 Å². The number of esters is 2. The van der Waals surface area contributed by atoms with E-state index in [1.165, 1.54) is 0 Å². The first-order valence-electron chi connectivity index (χ1n) is 10.6. The molecule has 0 bridgehead atoms. The Morgan fingerprint density at radius 1 is 0.926 bits per heavy atom. The lowest BCUT2D eigenvalue weighted by Crippen LogP contribution is -2.34. The standard InChI is InChI=1S/C22H39ClO4/c1-5-9-11-15-19(20(24)26-7-3)16-12-14-18-22(23,17-13-10-6-2)21(25)27-8-4/h12,14,19H,5-11,13,15-18H2,1-4H3. The normalized spacial score (nSPS) is 14.7. The molecule has 0 heterocycles. The fraction of sp³-hybridized carbons (Fsp3) is 0.818. The maximum Gasteiger partial charge on any atom is 0.327 e. The van der Waals surface area contributed by atoms with Gasteiger partial charge in [-0.05, 0) is 39.5 Å². The van der Waals surface area contributed by atoms with Crippen LogP contribution in [0.2, 0.25) is 0 Å². The summed E-state index contributed by atoms with van der Waals surface area (Å²) in [5, 5.41) is 0. The topological polar surface area (TPSA) is 52.6 Å².